The molecular weight excluding hydrogens is 555 g/mol. The Hall–Kier alpha value is -3.40. The number of nitrogens with zero attached hydrogens (tertiary/aromatic N) is 3. The number of rotatable bonds is 6. The quantitative estimate of drug-likeness (QED) is 0.187. The standard InChI is InChI=1S/C32H33N3O4S2/c1-21-9-16-26(17-10-21)41(38,39)35(25-7-5-3-4-6-8-25)28-20-30(36)34(32(28)37)24-14-12-23(13-15-24)31-33-27-18-11-22(2)19-29(27)40-31/h9-19,25,28H,3-8,20H2,1-2H3. The minimum atomic E-state index is -4.01. The third-order valence-corrected chi connectivity index (χ3v) is 11.2. The number of amides is 2. The van der Waals surface area contributed by atoms with Crippen LogP contribution in [0.3, 0.4) is 0 Å². The number of hydrogen-bond donors (Lipinski definition) is 0. The molecule has 212 valence electrons. The van der Waals surface area contributed by atoms with Gasteiger partial charge in [-0.25, -0.2) is 18.3 Å². The van der Waals surface area contributed by atoms with Crippen LogP contribution >= 0.6 is 11.3 Å². The summed E-state index contributed by atoms with van der Waals surface area (Å²) in [5, 5.41) is 0.859. The Labute approximate surface area is 244 Å². The summed E-state index contributed by atoms with van der Waals surface area (Å²) in [7, 11) is -4.01. The van der Waals surface area contributed by atoms with E-state index in [9.17, 15) is 18.0 Å². The van der Waals surface area contributed by atoms with Crippen LogP contribution in [0.15, 0.2) is 71.6 Å². The first-order valence-electron chi connectivity index (χ1n) is 14.2. The van der Waals surface area contributed by atoms with Gasteiger partial charge in [0.1, 0.15) is 11.0 Å². The molecule has 6 rings (SSSR count). The molecule has 2 aliphatic rings. The minimum absolute atomic E-state index is 0.154. The number of thiazole rings is 1. The van der Waals surface area contributed by atoms with Crippen molar-refractivity contribution in [2.45, 2.75) is 75.8 Å². The van der Waals surface area contributed by atoms with Crippen LogP contribution in [-0.2, 0) is 19.6 Å². The normalized spacial score (nSPS) is 18.9. The second-order valence-corrected chi connectivity index (χ2v) is 14.0. The van der Waals surface area contributed by atoms with Crippen molar-refractivity contribution in [2.75, 3.05) is 4.90 Å². The molecule has 1 saturated heterocycles. The van der Waals surface area contributed by atoms with E-state index in [2.05, 4.69) is 6.07 Å². The summed E-state index contributed by atoms with van der Waals surface area (Å²) in [4.78, 5) is 33.3. The van der Waals surface area contributed by atoms with Crippen molar-refractivity contribution in [1.29, 1.82) is 0 Å². The second-order valence-electron chi connectivity index (χ2n) is 11.1. The van der Waals surface area contributed by atoms with Crippen molar-refractivity contribution in [3.05, 3.63) is 77.9 Å². The van der Waals surface area contributed by atoms with Gasteiger partial charge in [0.25, 0.3) is 5.91 Å². The maximum atomic E-state index is 14.1. The zero-order valence-corrected chi connectivity index (χ0v) is 24.9. The lowest BCUT2D eigenvalue weighted by Gasteiger charge is -2.33. The van der Waals surface area contributed by atoms with E-state index in [1.807, 2.05) is 38.1 Å². The summed E-state index contributed by atoms with van der Waals surface area (Å²) in [6.07, 6.45) is 5.07. The summed E-state index contributed by atoms with van der Waals surface area (Å²) in [5.41, 5.74) is 4.39. The minimum Gasteiger partial charge on any atom is -0.274 e. The topological polar surface area (TPSA) is 87.7 Å². The number of sulfonamides is 1. The first-order chi connectivity index (χ1) is 19.7. The monoisotopic (exact) mass is 587 g/mol. The van der Waals surface area contributed by atoms with E-state index in [1.165, 1.54) is 9.87 Å². The van der Waals surface area contributed by atoms with Gasteiger partial charge in [0.05, 0.1) is 27.2 Å². The van der Waals surface area contributed by atoms with E-state index >= 15 is 0 Å². The molecule has 1 aromatic heterocycles. The zero-order chi connectivity index (χ0) is 28.7. The highest BCUT2D eigenvalue weighted by molar-refractivity contribution is 7.89. The Morgan fingerprint density at radius 2 is 1.51 bits per heavy atom. The van der Waals surface area contributed by atoms with E-state index in [0.717, 1.165) is 56.9 Å². The first kappa shape index (κ1) is 27.8. The Morgan fingerprint density at radius 1 is 0.854 bits per heavy atom. The number of carbonyl (C=O) groups excluding carboxylic acids is 2. The third-order valence-electron chi connectivity index (χ3n) is 8.13. The summed E-state index contributed by atoms with van der Waals surface area (Å²) in [6, 6.07) is 18.7. The molecule has 2 heterocycles. The molecule has 1 aliphatic carbocycles. The molecule has 0 radical (unpaired) electrons. The zero-order valence-electron chi connectivity index (χ0n) is 23.2. The van der Waals surface area contributed by atoms with Crippen LogP contribution in [-0.4, -0.2) is 41.6 Å². The lowest BCUT2D eigenvalue weighted by molar-refractivity contribution is -0.122. The molecule has 1 saturated carbocycles. The number of benzene rings is 3. The average molecular weight is 588 g/mol. The highest BCUT2D eigenvalue weighted by Gasteiger charge is 2.49. The second kappa shape index (κ2) is 11.1. The highest BCUT2D eigenvalue weighted by Crippen LogP contribution is 2.36. The maximum absolute atomic E-state index is 14.1. The lowest BCUT2D eigenvalue weighted by atomic mass is 10.1. The SMILES string of the molecule is Cc1ccc(S(=O)(=O)N(C2CCCCCC2)C2CC(=O)N(c3ccc(-c4nc5ccc(C)cc5s4)cc3)C2=O)cc1. The fraction of sp³-hybridized carbons (Fsp3) is 0.344. The molecule has 4 aromatic rings. The molecule has 1 atom stereocenters. The molecule has 7 nitrogen and oxygen atoms in total. The molecule has 1 unspecified atom stereocenters. The maximum Gasteiger partial charge on any atom is 0.252 e. The molecule has 0 N–H and O–H groups in total. The molecule has 1 aliphatic heterocycles. The predicted octanol–water partition coefficient (Wildman–Crippen LogP) is 6.63. The molecule has 3 aromatic carbocycles. The van der Waals surface area contributed by atoms with Gasteiger partial charge in [0, 0.05) is 11.6 Å². The number of anilines is 1. The molecule has 2 fully saturated rings. The van der Waals surface area contributed by atoms with Crippen LogP contribution in [0.1, 0.15) is 56.1 Å². The summed E-state index contributed by atoms with van der Waals surface area (Å²) >= 11 is 1.60. The number of carbonyl (C=O) groups is 2. The van der Waals surface area contributed by atoms with E-state index in [-0.39, 0.29) is 23.3 Å². The van der Waals surface area contributed by atoms with Crippen LogP contribution in [0.4, 0.5) is 5.69 Å². The molecule has 0 bridgehead atoms. The molecule has 0 spiro atoms. The Kier molecular flexibility index (Phi) is 7.52. The smallest absolute Gasteiger partial charge is 0.252 e. The highest BCUT2D eigenvalue weighted by atomic mass is 32.2. The van der Waals surface area contributed by atoms with Crippen LogP contribution < -0.4 is 4.90 Å². The van der Waals surface area contributed by atoms with Gasteiger partial charge in [-0.1, -0.05) is 49.4 Å². The number of fused-ring (bicyclic) bond motifs is 1. The van der Waals surface area contributed by atoms with Crippen molar-refractivity contribution in [3.63, 3.8) is 0 Å². The van der Waals surface area contributed by atoms with Crippen molar-refractivity contribution < 1.29 is 18.0 Å². The molecule has 2 amide bonds. The first-order valence-corrected chi connectivity index (χ1v) is 16.4. The Morgan fingerprint density at radius 3 is 2.20 bits per heavy atom. The van der Waals surface area contributed by atoms with Gasteiger partial charge in [0.15, 0.2) is 0 Å². The largest absolute Gasteiger partial charge is 0.274 e. The Bertz CT molecular complexity index is 1700. The van der Waals surface area contributed by atoms with Gasteiger partial charge in [-0.3, -0.25) is 9.59 Å². The van der Waals surface area contributed by atoms with E-state index < -0.39 is 22.0 Å². The van der Waals surface area contributed by atoms with E-state index in [1.54, 1.807) is 47.7 Å². The van der Waals surface area contributed by atoms with Crippen molar-refractivity contribution >= 4 is 49.1 Å². The van der Waals surface area contributed by atoms with Crippen LogP contribution in [0.2, 0.25) is 0 Å². The van der Waals surface area contributed by atoms with Gasteiger partial charge < -0.3 is 0 Å². The molecule has 41 heavy (non-hydrogen) atoms. The fourth-order valence-electron chi connectivity index (χ4n) is 5.96. The van der Waals surface area contributed by atoms with Crippen LogP contribution in [0.25, 0.3) is 20.8 Å². The van der Waals surface area contributed by atoms with Gasteiger partial charge in [-0.05, 0) is 80.8 Å². The van der Waals surface area contributed by atoms with Crippen molar-refractivity contribution in [2.24, 2.45) is 0 Å². The predicted molar refractivity (Wildman–Crippen MR) is 162 cm³/mol. The van der Waals surface area contributed by atoms with Gasteiger partial charge in [-0.15, -0.1) is 11.3 Å². The summed E-state index contributed by atoms with van der Waals surface area (Å²) < 4.78 is 30.6. The van der Waals surface area contributed by atoms with Gasteiger partial charge >= 0.3 is 0 Å². The number of aryl methyl sites for hydroxylation is 2. The number of aromatic nitrogens is 1. The number of hydrogen-bond acceptors (Lipinski definition) is 6. The fourth-order valence-corrected chi connectivity index (χ4v) is 8.85. The lowest BCUT2D eigenvalue weighted by Crippen LogP contribution is -2.50. The Balaban J connectivity index is 1.31. The van der Waals surface area contributed by atoms with Gasteiger partial charge in [-0.2, -0.15) is 4.31 Å². The van der Waals surface area contributed by atoms with Crippen LogP contribution in [0, 0.1) is 13.8 Å². The molecular formula is C32H33N3O4S2. The van der Waals surface area contributed by atoms with E-state index in [4.69, 9.17) is 4.98 Å². The number of imide groups is 1. The van der Waals surface area contributed by atoms with Gasteiger partial charge in [0.2, 0.25) is 15.9 Å². The third kappa shape index (κ3) is 5.34. The van der Waals surface area contributed by atoms with Crippen LogP contribution in [0.5, 0.6) is 0 Å². The average Bonchev–Trinajstić information content (AvgIpc) is 3.37. The molecule has 9 heteroatoms. The summed E-state index contributed by atoms with van der Waals surface area (Å²) in [5.74, 6) is -0.876. The summed E-state index contributed by atoms with van der Waals surface area (Å²) in [6.45, 7) is 3.95. The van der Waals surface area contributed by atoms with Crippen molar-refractivity contribution in [3.8, 4) is 10.6 Å². The van der Waals surface area contributed by atoms with Crippen molar-refractivity contribution in [1.82, 2.24) is 9.29 Å². The van der Waals surface area contributed by atoms with E-state index in [0.29, 0.717) is 18.5 Å².